The van der Waals surface area contributed by atoms with Crippen molar-refractivity contribution in [3.05, 3.63) is 53.0 Å². The van der Waals surface area contributed by atoms with Crippen LogP contribution in [0.15, 0.2) is 41.7 Å². The van der Waals surface area contributed by atoms with E-state index < -0.39 is 5.97 Å². The number of methoxy groups -OCH3 is 2. The summed E-state index contributed by atoms with van der Waals surface area (Å²) in [4.78, 5) is 23.1. The van der Waals surface area contributed by atoms with Crippen LogP contribution in [-0.4, -0.2) is 36.6 Å². The van der Waals surface area contributed by atoms with E-state index in [9.17, 15) is 9.59 Å². The molecule has 0 amide bonds. The number of aromatic nitrogens is 2. The zero-order chi connectivity index (χ0) is 15.0. The van der Waals surface area contributed by atoms with Crippen molar-refractivity contribution in [1.29, 1.82) is 0 Å². The van der Waals surface area contributed by atoms with Crippen LogP contribution in [0.4, 0.5) is 0 Å². The molecule has 108 valence electrons. The van der Waals surface area contributed by atoms with Crippen LogP contribution in [0.25, 0.3) is 5.70 Å². The molecule has 0 aliphatic carbocycles. The maximum Gasteiger partial charge on any atom is 0.311 e. The largest absolute Gasteiger partial charge is 0.469 e. The van der Waals surface area contributed by atoms with Crippen molar-refractivity contribution in [2.24, 2.45) is 0 Å². The van der Waals surface area contributed by atoms with E-state index in [0.717, 1.165) is 0 Å². The first kappa shape index (κ1) is 15.7. The van der Waals surface area contributed by atoms with Crippen LogP contribution < -0.4 is 5.56 Å². The van der Waals surface area contributed by atoms with Crippen LogP contribution in [0.2, 0.25) is 0 Å². The van der Waals surface area contributed by atoms with Gasteiger partial charge in [-0.1, -0.05) is 24.8 Å². The Morgan fingerprint density at radius 2 is 2.20 bits per heavy atom. The molecule has 0 aliphatic heterocycles. The number of carbonyl (C=O) groups is 1. The average molecular weight is 278 g/mol. The summed E-state index contributed by atoms with van der Waals surface area (Å²) in [5, 5.41) is 2.85. The number of rotatable bonds is 7. The number of hydrogen-bond donors (Lipinski definition) is 1. The van der Waals surface area contributed by atoms with Crippen molar-refractivity contribution in [2.75, 3.05) is 20.8 Å². The maximum atomic E-state index is 11.9. The van der Waals surface area contributed by atoms with E-state index in [1.807, 2.05) is 0 Å². The third kappa shape index (κ3) is 4.40. The minimum Gasteiger partial charge on any atom is -0.469 e. The van der Waals surface area contributed by atoms with E-state index in [4.69, 9.17) is 4.74 Å². The van der Waals surface area contributed by atoms with Gasteiger partial charge in [-0.15, -0.1) is 0 Å². The molecule has 6 nitrogen and oxygen atoms in total. The lowest BCUT2D eigenvalue weighted by Gasteiger charge is -2.06. The minimum atomic E-state index is -0.415. The van der Waals surface area contributed by atoms with E-state index in [-0.39, 0.29) is 18.6 Å². The maximum absolute atomic E-state index is 11.9. The minimum absolute atomic E-state index is 0.0154. The molecule has 0 spiro atoms. The van der Waals surface area contributed by atoms with Gasteiger partial charge in [0, 0.05) is 18.9 Å². The lowest BCUT2D eigenvalue weighted by molar-refractivity contribution is -0.139. The normalized spacial score (nSPS) is 11.8. The smallest absolute Gasteiger partial charge is 0.311 e. The highest BCUT2D eigenvalue weighted by atomic mass is 16.5. The molecule has 1 heterocycles. The monoisotopic (exact) mass is 278 g/mol. The number of esters is 1. The third-order valence-electron chi connectivity index (χ3n) is 2.45. The summed E-state index contributed by atoms with van der Waals surface area (Å²) in [7, 11) is 2.84. The van der Waals surface area contributed by atoms with Crippen LogP contribution in [0.3, 0.4) is 0 Å². The van der Waals surface area contributed by atoms with Gasteiger partial charge in [-0.25, -0.2) is 4.68 Å². The second kappa shape index (κ2) is 7.96. The Hall–Kier alpha value is -2.34. The predicted octanol–water partition coefficient (Wildman–Crippen LogP) is 1.12. The molecule has 20 heavy (non-hydrogen) atoms. The second-order valence-electron chi connectivity index (χ2n) is 3.92. The lowest BCUT2D eigenvalue weighted by atomic mass is 10.3. The van der Waals surface area contributed by atoms with Crippen LogP contribution in [0, 0.1) is 0 Å². The lowest BCUT2D eigenvalue weighted by Crippen LogP contribution is -2.17. The molecule has 0 unspecified atom stereocenters. The van der Waals surface area contributed by atoms with Crippen molar-refractivity contribution in [3.63, 3.8) is 0 Å². The standard InChI is InChI=1S/C14H18N2O4/c1-4-5-6-7-12(10-19-2)16-13(17)8-11(15-16)9-14(18)20-3/h4-8,15H,1,9-10H2,2-3H3/b6-5-,12-7+. The molecule has 1 N–H and O–H groups in total. The second-order valence-corrected chi connectivity index (χ2v) is 3.92. The van der Waals surface area contributed by atoms with Crippen LogP contribution in [-0.2, 0) is 20.7 Å². The Labute approximate surface area is 117 Å². The van der Waals surface area contributed by atoms with Gasteiger partial charge in [-0.2, -0.15) is 0 Å². The van der Waals surface area contributed by atoms with Gasteiger partial charge in [0.25, 0.3) is 5.56 Å². The Morgan fingerprint density at radius 3 is 2.80 bits per heavy atom. The van der Waals surface area contributed by atoms with Gasteiger partial charge in [-0.05, 0) is 6.08 Å². The number of nitrogens with zero attached hydrogens (tertiary/aromatic N) is 1. The summed E-state index contributed by atoms with van der Waals surface area (Å²) < 4.78 is 10.9. The zero-order valence-corrected chi connectivity index (χ0v) is 11.6. The fourth-order valence-electron chi connectivity index (χ4n) is 1.56. The number of carbonyl (C=O) groups excluding carboxylic acids is 1. The first-order valence-electron chi connectivity index (χ1n) is 5.97. The third-order valence-corrected chi connectivity index (χ3v) is 2.45. The van der Waals surface area contributed by atoms with E-state index >= 15 is 0 Å². The topological polar surface area (TPSA) is 73.3 Å². The number of allylic oxidation sites excluding steroid dienone is 4. The summed E-state index contributed by atoms with van der Waals surface area (Å²) in [5.41, 5.74) is 0.836. The number of H-pyrrole nitrogens is 1. The summed E-state index contributed by atoms with van der Waals surface area (Å²) >= 11 is 0. The van der Waals surface area contributed by atoms with Crippen LogP contribution in [0.1, 0.15) is 5.69 Å². The molecule has 0 aliphatic rings. The molecule has 0 bridgehead atoms. The molecular weight excluding hydrogens is 260 g/mol. The Bertz CT molecular complexity index is 578. The first-order chi connectivity index (χ1) is 9.62. The van der Waals surface area contributed by atoms with Crippen molar-refractivity contribution in [1.82, 2.24) is 9.78 Å². The molecule has 0 aromatic carbocycles. The Morgan fingerprint density at radius 1 is 1.45 bits per heavy atom. The van der Waals surface area contributed by atoms with E-state index in [2.05, 4.69) is 16.4 Å². The highest BCUT2D eigenvalue weighted by Gasteiger charge is 2.10. The van der Waals surface area contributed by atoms with Gasteiger partial charge in [0.1, 0.15) is 0 Å². The van der Waals surface area contributed by atoms with Gasteiger partial charge < -0.3 is 9.47 Å². The molecule has 0 atom stereocenters. The number of aromatic amines is 1. The van der Waals surface area contributed by atoms with Gasteiger partial charge in [0.15, 0.2) is 0 Å². The fourth-order valence-corrected chi connectivity index (χ4v) is 1.56. The summed E-state index contributed by atoms with van der Waals surface area (Å²) in [6.45, 7) is 3.81. The number of hydrogen-bond acceptors (Lipinski definition) is 4. The van der Waals surface area contributed by atoms with Crippen LogP contribution >= 0.6 is 0 Å². The molecule has 1 rings (SSSR count). The van der Waals surface area contributed by atoms with E-state index in [0.29, 0.717) is 11.4 Å². The Balaban J connectivity index is 3.05. The van der Waals surface area contributed by atoms with Gasteiger partial charge >= 0.3 is 5.97 Å². The Kier molecular flexibility index (Phi) is 6.25. The van der Waals surface area contributed by atoms with Crippen LogP contribution in [0.5, 0.6) is 0 Å². The molecule has 6 heteroatoms. The summed E-state index contributed by atoms with van der Waals surface area (Å²) in [6.07, 6.45) is 6.85. The summed E-state index contributed by atoms with van der Waals surface area (Å²) in [6, 6.07) is 1.36. The van der Waals surface area contributed by atoms with Gasteiger partial charge in [0.05, 0.1) is 25.8 Å². The van der Waals surface area contributed by atoms with Gasteiger partial charge in [-0.3, -0.25) is 14.7 Å². The molecule has 0 saturated carbocycles. The van der Waals surface area contributed by atoms with Crippen molar-refractivity contribution < 1.29 is 14.3 Å². The highest BCUT2D eigenvalue weighted by molar-refractivity contribution is 5.71. The molecule has 0 saturated heterocycles. The SMILES string of the molecule is C=C/C=C\C=C(/COC)n1[nH]c(CC(=O)OC)cc1=O. The average Bonchev–Trinajstić information content (AvgIpc) is 2.78. The van der Waals surface area contributed by atoms with Crippen molar-refractivity contribution in [3.8, 4) is 0 Å². The van der Waals surface area contributed by atoms with Gasteiger partial charge in [0.2, 0.25) is 0 Å². The van der Waals surface area contributed by atoms with E-state index in [1.165, 1.54) is 25.0 Å². The van der Waals surface area contributed by atoms with Crippen molar-refractivity contribution >= 4 is 11.7 Å². The van der Waals surface area contributed by atoms with Crippen molar-refractivity contribution in [2.45, 2.75) is 6.42 Å². The molecular formula is C14H18N2O4. The molecule has 1 aromatic rings. The quantitative estimate of drug-likeness (QED) is 0.599. The number of nitrogens with one attached hydrogen (secondary N) is 1. The predicted molar refractivity (Wildman–Crippen MR) is 76.3 cm³/mol. The highest BCUT2D eigenvalue weighted by Crippen LogP contribution is 2.03. The first-order valence-corrected chi connectivity index (χ1v) is 5.97. The summed E-state index contributed by atoms with van der Waals surface area (Å²) in [5.74, 6) is -0.415. The zero-order valence-electron chi connectivity index (χ0n) is 11.6. The molecule has 1 aromatic heterocycles. The molecule has 0 radical (unpaired) electrons. The van der Waals surface area contributed by atoms with E-state index in [1.54, 1.807) is 24.3 Å². The molecule has 0 fully saturated rings. The fraction of sp³-hybridized carbons (Fsp3) is 0.286. The number of ether oxygens (including phenoxy) is 2.